The van der Waals surface area contributed by atoms with Crippen molar-refractivity contribution in [2.24, 2.45) is 0 Å². The molecule has 0 aliphatic heterocycles. The normalized spacial score (nSPS) is 10.9. The Morgan fingerprint density at radius 2 is 1.95 bits per heavy atom. The fraction of sp³-hybridized carbons (Fsp3) is 0.0625. The number of halogens is 1. The lowest BCUT2D eigenvalue weighted by atomic mass is 9.98. The molecule has 0 unspecified atom stereocenters. The molecule has 20 heavy (non-hydrogen) atoms. The molecule has 3 nitrogen and oxygen atoms in total. The summed E-state index contributed by atoms with van der Waals surface area (Å²) in [4.78, 5) is 4.28. The second-order valence-electron chi connectivity index (χ2n) is 4.75. The van der Waals surface area contributed by atoms with E-state index in [2.05, 4.69) is 4.98 Å². The smallest absolute Gasteiger partial charge is 0.134 e. The SMILES string of the molecule is Cc1cc(O)c(Cl)cc1-c1ccc2nccc(N)c2c1. The van der Waals surface area contributed by atoms with Gasteiger partial charge in [0, 0.05) is 17.3 Å². The van der Waals surface area contributed by atoms with Crippen molar-refractivity contribution >= 4 is 28.2 Å². The molecule has 0 radical (unpaired) electrons. The van der Waals surface area contributed by atoms with Crippen LogP contribution in [0.25, 0.3) is 22.0 Å². The molecule has 1 heterocycles. The summed E-state index contributed by atoms with van der Waals surface area (Å²) in [5.41, 5.74) is 10.5. The molecule has 0 aliphatic carbocycles. The van der Waals surface area contributed by atoms with Crippen LogP contribution >= 0.6 is 11.6 Å². The van der Waals surface area contributed by atoms with Gasteiger partial charge in [0.15, 0.2) is 0 Å². The number of nitrogens with zero attached hydrogens (tertiary/aromatic N) is 1. The topological polar surface area (TPSA) is 59.1 Å². The van der Waals surface area contributed by atoms with Gasteiger partial charge in [0.1, 0.15) is 5.75 Å². The summed E-state index contributed by atoms with van der Waals surface area (Å²) in [5.74, 6) is 0.0925. The number of pyridine rings is 1. The fourth-order valence-corrected chi connectivity index (χ4v) is 2.48. The van der Waals surface area contributed by atoms with Crippen LogP contribution in [0.3, 0.4) is 0 Å². The molecule has 0 spiro atoms. The Morgan fingerprint density at radius 1 is 1.15 bits per heavy atom. The number of fused-ring (bicyclic) bond motifs is 1. The molecule has 0 saturated carbocycles. The maximum absolute atomic E-state index is 9.63. The molecule has 0 bridgehead atoms. The highest BCUT2D eigenvalue weighted by Crippen LogP contribution is 2.34. The summed E-state index contributed by atoms with van der Waals surface area (Å²) in [5, 5.41) is 10.9. The van der Waals surface area contributed by atoms with Gasteiger partial charge in [-0.2, -0.15) is 0 Å². The lowest BCUT2D eigenvalue weighted by Crippen LogP contribution is -1.90. The van der Waals surface area contributed by atoms with E-state index in [1.54, 1.807) is 24.4 Å². The minimum atomic E-state index is 0.0925. The first-order chi connectivity index (χ1) is 9.56. The zero-order chi connectivity index (χ0) is 14.3. The standard InChI is InChI=1S/C16H13ClN2O/c1-9-6-16(20)13(17)8-11(9)10-2-3-15-12(7-10)14(18)4-5-19-15/h2-8,20H,1H3,(H2,18,19). The highest BCUT2D eigenvalue weighted by atomic mass is 35.5. The Morgan fingerprint density at radius 3 is 2.75 bits per heavy atom. The average Bonchev–Trinajstić information content (AvgIpc) is 2.43. The van der Waals surface area contributed by atoms with E-state index in [0.29, 0.717) is 10.7 Å². The molecule has 100 valence electrons. The van der Waals surface area contributed by atoms with Crippen LogP contribution in [0.2, 0.25) is 5.02 Å². The molecule has 0 saturated heterocycles. The number of hydrogen-bond donors (Lipinski definition) is 2. The number of benzene rings is 2. The Kier molecular flexibility index (Phi) is 2.99. The van der Waals surface area contributed by atoms with E-state index >= 15 is 0 Å². The van der Waals surface area contributed by atoms with Crippen LogP contribution < -0.4 is 5.73 Å². The summed E-state index contributed by atoms with van der Waals surface area (Å²) >= 11 is 6.00. The minimum Gasteiger partial charge on any atom is -0.506 e. The van der Waals surface area contributed by atoms with E-state index < -0.39 is 0 Å². The number of anilines is 1. The number of nitrogens with two attached hydrogens (primary N) is 1. The van der Waals surface area contributed by atoms with E-state index in [9.17, 15) is 5.11 Å². The van der Waals surface area contributed by atoms with Crippen molar-refractivity contribution in [3.05, 3.63) is 53.2 Å². The lowest BCUT2D eigenvalue weighted by Gasteiger charge is -2.10. The van der Waals surface area contributed by atoms with Crippen molar-refractivity contribution in [3.63, 3.8) is 0 Å². The van der Waals surface area contributed by atoms with Gasteiger partial charge in [0.05, 0.1) is 10.5 Å². The maximum atomic E-state index is 9.63. The molecular formula is C16H13ClN2O. The van der Waals surface area contributed by atoms with Gasteiger partial charge >= 0.3 is 0 Å². The monoisotopic (exact) mass is 284 g/mol. The van der Waals surface area contributed by atoms with Gasteiger partial charge in [0.2, 0.25) is 0 Å². The zero-order valence-corrected chi connectivity index (χ0v) is 11.6. The first-order valence-corrected chi connectivity index (χ1v) is 6.58. The molecule has 3 aromatic rings. The van der Waals surface area contributed by atoms with Gasteiger partial charge in [-0.25, -0.2) is 0 Å². The van der Waals surface area contributed by atoms with Crippen molar-refractivity contribution < 1.29 is 5.11 Å². The highest BCUT2D eigenvalue weighted by Gasteiger charge is 2.08. The summed E-state index contributed by atoms with van der Waals surface area (Å²) < 4.78 is 0. The number of phenolic OH excluding ortho intramolecular Hbond substituents is 1. The van der Waals surface area contributed by atoms with E-state index in [1.807, 2.05) is 25.1 Å². The van der Waals surface area contributed by atoms with Crippen LogP contribution in [0.15, 0.2) is 42.6 Å². The molecular weight excluding hydrogens is 272 g/mol. The zero-order valence-electron chi connectivity index (χ0n) is 10.9. The van der Waals surface area contributed by atoms with Gasteiger partial charge in [-0.1, -0.05) is 17.7 Å². The van der Waals surface area contributed by atoms with Gasteiger partial charge in [-0.05, 0) is 53.9 Å². The van der Waals surface area contributed by atoms with Gasteiger partial charge in [-0.3, -0.25) is 4.98 Å². The van der Waals surface area contributed by atoms with Crippen LogP contribution in [0.4, 0.5) is 5.69 Å². The minimum absolute atomic E-state index is 0.0925. The van der Waals surface area contributed by atoms with Crippen molar-refractivity contribution in [1.29, 1.82) is 0 Å². The van der Waals surface area contributed by atoms with Crippen molar-refractivity contribution in [2.75, 3.05) is 5.73 Å². The summed E-state index contributed by atoms with van der Waals surface area (Å²) in [6.45, 7) is 1.93. The van der Waals surface area contributed by atoms with Crippen LogP contribution in [0, 0.1) is 6.92 Å². The molecule has 2 aromatic carbocycles. The number of aromatic hydroxyl groups is 1. The Bertz CT molecular complexity index is 815. The molecule has 3 rings (SSSR count). The highest BCUT2D eigenvalue weighted by molar-refractivity contribution is 6.32. The first-order valence-electron chi connectivity index (χ1n) is 6.20. The van der Waals surface area contributed by atoms with E-state index in [-0.39, 0.29) is 5.75 Å². The number of nitrogen functional groups attached to an aromatic ring is 1. The fourth-order valence-electron chi connectivity index (χ4n) is 2.31. The second kappa shape index (κ2) is 4.69. The number of phenols is 1. The summed E-state index contributed by atoms with van der Waals surface area (Å²) in [6.07, 6.45) is 1.69. The predicted molar refractivity (Wildman–Crippen MR) is 83.0 cm³/mol. The van der Waals surface area contributed by atoms with E-state index in [0.717, 1.165) is 27.6 Å². The van der Waals surface area contributed by atoms with E-state index in [4.69, 9.17) is 17.3 Å². The lowest BCUT2D eigenvalue weighted by molar-refractivity contribution is 0.475. The summed E-state index contributed by atoms with van der Waals surface area (Å²) in [6, 6.07) is 11.1. The van der Waals surface area contributed by atoms with Gasteiger partial charge in [-0.15, -0.1) is 0 Å². The van der Waals surface area contributed by atoms with Gasteiger partial charge < -0.3 is 10.8 Å². The van der Waals surface area contributed by atoms with Crippen LogP contribution in [-0.4, -0.2) is 10.1 Å². The molecule has 0 amide bonds. The average molecular weight is 285 g/mol. The first kappa shape index (κ1) is 12.8. The molecule has 0 fully saturated rings. The summed E-state index contributed by atoms with van der Waals surface area (Å²) in [7, 11) is 0. The molecule has 0 atom stereocenters. The largest absolute Gasteiger partial charge is 0.506 e. The van der Waals surface area contributed by atoms with Crippen molar-refractivity contribution in [3.8, 4) is 16.9 Å². The second-order valence-corrected chi connectivity index (χ2v) is 5.16. The maximum Gasteiger partial charge on any atom is 0.134 e. The number of rotatable bonds is 1. The van der Waals surface area contributed by atoms with Crippen molar-refractivity contribution in [2.45, 2.75) is 6.92 Å². The van der Waals surface area contributed by atoms with Crippen LogP contribution in [-0.2, 0) is 0 Å². The van der Waals surface area contributed by atoms with Crippen LogP contribution in [0.5, 0.6) is 5.75 Å². The Hall–Kier alpha value is -2.26. The Labute approximate surface area is 121 Å². The third-order valence-corrected chi connectivity index (χ3v) is 3.68. The number of hydrogen-bond acceptors (Lipinski definition) is 3. The number of aryl methyl sites for hydroxylation is 1. The third kappa shape index (κ3) is 2.06. The molecule has 0 aliphatic rings. The van der Waals surface area contributed by atoms with Crippen LogP contribution in [0.1, 0.15) is 5.56 Å². The predicted octanol–water partition coefficient (Wildman–Crippen LogP) is 4.15. The van der Waals surface area contributed by atoms with Crippen molar-refractivity contribution in [1.82, 2.24) is 4.98 Å². The quantitative estimate of drug-likeness (QED) is 0.706. The van der Waals surface area contributed by atoms with Gasteiger partial charge in [0.25, 0.3) is 0 Å². The third-order valence-electron chi connectivity index (χ3n) is 3.38. The number of aromatic nitrogens is 1. The van der Waals surface area contributed by atoms with E-state index in [1.165, 1.54) is 0 Å². The molecule has 3 N–H and O–H groups in total. The molecule has 4 heteroatoms. The molecule has 1 aromatic heterocycles. The Balaban J connectivity index is 2.25.